The Hall–Kier alpha value is -2.80. The Bertz CT molecular complexity index is 2680. The van der Waals surface area contributed by atoms with E-state index in [4.69, 9.17) is 94.7 Å². The van der Waals surface area contributed by atoms with E-state index in [-0.39, 0.29) is 0 Å². The van der Waals surface area contributed by atoms with Crippen LogP contribution in [0.4, 0.5) is 0 Å². The van der Waals surface area contributed by atoms with Gasteiger partial charge in [0.05, 0.1) is 228 Å². The predicted molar refractivity (Wildman–Crippen MR) is 390 cm³/mol. The van der Waals surface area contributed by atoms with Crippen LogP contribution in [0.2, 0.25) is 0 Å². The van der Waals surface area contributed by atoms with Crippen molar-refractivity contribution in [3.63, 3.8) is 0 Å². The smallest absolute Gasteiger partial charge is 0.127 e. The first-order valence-corrected chi connectivity index (χ1v) is 38.9. The summed E-state index contributed by atoms with van der Waals surface area (Å²) in [5.41, 5.74) is 0. The molecule has 0 saturated carbocycles. The summed E-state index contributed by atoms with van der Waals surface area (Å²) >= 11 is 14.0. The Kier molecular flexibility index (Phi) is 39.4. The SMILES string of the molecule is C1=C2COCCOCCOCCOCCOc3cccc4c(cccc34)OCCOCCOCCOCCOCC3=CSC(=C4SC=C(COCCOCCOCCOCCOc5cccc6c(cccc56)OCCOCCOCCOCCOCC5=CSC(=C(S1)S2)S5)S4)S3. The molecule has 5 heterocycles. The molecule has 0 unspecified atom stereocenters. The third kappa shape index (κ3) is 30.0. The van der Waals surface area contributed by atoms with E-state index < -0.39 is 0 Å². The van der Waals surface area contributed by atoms with Gasteiger partial charge in [0.2, 0.25) is 0 Å². The van der Waals surface area contributed by atoms with Crippen LogP contribution in [0.5, 0.6) is 23.0 Å². The third-order valence-corrected chi connectivity index (χ3v) is 24.1. The van der Waals surface area contributed by atoms with Crippen LogP contribution in [-0.2, 0) is 75.8 Å². The van der Waals surface area contributed by atoms with Gasteiger partial charge in [0.15, 0.2) is 0 Å². The van der Waals surface area contributed by atoms with Crippen molar-refractivity contribution in [3.8, 4) is 23.0 Å². The zero-order valence-corrected chi connectivity index (χ0v) is 60.7. The van der Waals surface area contributed by atoms with Crippen molar-refractivity contribution < 1.29 is 94.7 Å². The van der Waals surface area contributed by atoms with Gasteiger partial charge in [0.25, 0.3) is 0 Å². The normalized spacial score (nSPS) is 21.8. The number of benzene rings is 4. The minimum Gasteiger partial charge on any atom is -0.491 e. The Morgan fingerprint density at radius 3 is 0.542 bits per heavy atom. The molecule has 28 heteroatoms. The number of fused-ring (bicyclic) bond motifs is 8. The van der Waals surface area contributed by atoms with Gasteiger partial charge in [0.1, 0.15) is 49.4 Å². The molecule has 0 N–H and O–H groups in total. The molecule has 0 atom stereocenters. The van der Waals surface area contributed by atoms with Gasteiger partial charge in [-0.3, -0.25) is 0 Å². The summed E-state index contributed by atoms with van der Waals surface area (Å²) < 4.78 is 122. The molecule has 5 aliphatic rings. The standard InChI is InChI=1S/C68H88O20S8/c1-5-57-58-6-2-10-62(57)86-42-38-78-26-22-70-14-18-74-30-34-82-46-54-50-90-67(94-54)68-92-52-56(96-68)48-84-36-32-76-20-16-72-24-28-80-40-44-88-64-12-4-7-59-60(64)8-3-11-63(59)87-43-39-79-27-23-71-15-19-75-31-35-83-47-55-51-91-66(95-55)65-89-49-53(93-65)45-81-33-29-73-17-13-69-21-25-77-37-41-85-61(58)9-1/h1-12,49-52H,13-48H2. The highest BCUT2D eigenvalue weighted by atomic mass is 32.2. The number of thioether (sulfide) groups is 8. The van der Waals surface area contributed by atoms with Crippen molar-refractivity contribution in [1.29, 1.82) is 0 Å². The van der Waals surface area contributed by atoms with Crippen molar-refractivity contribution >= 4 is 116 Å². The van der Waals surface area contributed by atoms with Gasteiger partial charge in [-0.1, -0.05) is 143 Å². The van der Waals surface area contributed by atoms with Gasteiger partial charge in [-0.05, 0) is 45.9 Å². The lowest BCUT2D eigenvalue weighted by Gasteiger charge is -2.13. The number of rotatable bonds is 0. The summed E-state index contributed by atoms with van der Waals surface area (Å²) in [5, 5.41) is 12.5. The fourth-order valence-corrected chi connectivity index (χ4v) is 18.5. The van der Waals surface area contributed by atoms with E-state index in [2.05, 4.69) is 21.6 Å². The second-order valence-corrected chi connectivity index (χ2v) is 29.6. The van der Waals surface area contributed by atoms with E-state index in [1.165, 1.54) is 36.6 Å². The second kappa shape index (κ2) is 48.9. The summed E-state index contributed by atoms with van der Waals surface area (Å²) in [7, 11) is 0. The van der Waals surface area contributed by atoms with Gasteiger partial charge in [0, 0.05) is 41.2 Å². The first-order chi connectivity index (χ1) is 47.7. The summed E-state index contributed by atoms with van der Waals surface area (Å²) in [4.78, 5) is 4.75. The number of ether oxygens (including phenoxy) is 20. The Labute approximate surface area is 597 Å². The van der Waals surface area contributed by atoms with Crippen LogP contribution in [-0.4, -0.2) is 238 Å². The fraction of sp³-hybridized carbons (Fsp3) is 0.529. The van der Waals surface area contributed by atoms with Gasteiger partial charge < -0.3 is 94.7 Å². The molecule has 0 amide bonds. The largest absolute Gasteiger partial charge is 0.491 e. The molecule has 0 saturated heterocycles. The number of hydrogen-bond donors (Lipinski definition) is 0. The third-order valence-electron chi connectivity index (χ3n) is 13.5. The molecule has 4 aromatic rings. The Balaban J connectivity index is 0.611. The minimum atomic E-state index is 0.405. The van der Waals surface area contributed by atoms with Crippen LogP contribution in [0, 0.1) is 0 Å². The number of hydrogen-bond acceptors (Lipinski definition) is 28. The van der Waals surface area contributed by atoms with E-state index >= 15 is 0 Å². The van der Waals surface area contributed by atoms with Crippen LogP contribution in [0.3, 0.4) is 0 Å². The maximum atomic E-state index is 6.12. The zero-order valence-electron chi connectivity index (χ0n) is 54.1. The molecular weight excluding hydrogens is 1390 g/mol. The molecule has 5 aliphatic heterocycles. The van der Waals surface area contributed by atoms with E-state index in [0.717, 1.165) is 44.5 Å². The molecular formula is C68H88O20S8. The molecule has 4 aromatic carbocycles. The molecule has 0 fully saturated rings. The highest BCUT2D eigenvalue weighted by Gasteiger charge is 2.24. The highest BCUT2D eigenvalue weighted by Crippen LogP contribution is 2.56. The predicted octanol–water partition coefficient (Wildman–Crippen LogP) is 13.0. The van der Waals surface area contributed by atoms with Crippen LogP contribution >= 0.6 is 94.1 Å². The topological polar surface area (TPSA) is 185 Å². The van der Waals surface area contributed by atoms with Crippen LogP contribution in [0.1, 0.15) is 0 Å². The summed E-state index contributed by atoms with van der Waals surface area (Å²) in [5.74, 6) is 3.08. The van der Waals surface area contributed by atoms with E-state index in [9.17, 15) is 0 Å². The average molecular weight is 1480 g/mol. The van der Waals surface area contributed by atoms with Gasteiger partial charge in [-0.15, -0.1) is 0 Å². The van der Waals surface area contributed by atoms with Crippen LogP contribution in [0.25, 0.3) is 21.5 Å². The maximum Gasteiger partial charge on any atom is 0.127 e. The fourth-order valence-electron chi connectivity index (χ4n) is 8.94. The van der Waals surface area contributed by atoms with Gasteiger partial charge in [-0.25, -0.2) is 0 Å². The maximum absolute atomic E-state index is 6.12. The van der Waals surface area contributed by atoms with Crippen molar-refractivity contribution in [1.82, 2.24) is 0 Å². The molecule has 96 heavy (non-hydrogen) atoms. The molecule has 528 valence electrons. The molecule has 0 aliphatic carbocycles. The first-order valence-electron chi connectivity index (χ1n) is 32.1. The van der Waals surface area contributed by atoms with Crippen molar-refractivity contribution in [2.45, 2.75) is 0 Å². The van der Waals surface area contributed by atoms with Crippen molar-refractivity contribution in [3.05, 3.63) is 131 Å². The van der Waals surface area contributed by atoms with Crippen LogP contribution < -0.4 is 18.9 Å². The molecule has 9 rings (SSSR count). The Morgan fingerprint density at radius 1 is 0.188 bits per heavy atom. The molecule has 20 nitrogen and oxygen atoms in total. The second-order valence-electron chi connectivity index (χ2n) is 20.5. The lowest BCUT2D eigenvalue weighted by Crippen LogP contribution is -2.14. The average Bonchev–Trinajstić information content (AvgIpc) is 2.11. The zero-order chi connectivity index (χ0) is 65.8. The molecule has 0 aromatic heterocycles. The quantitative estimate of drug-likeness (QED) is 0.162. The lowest BCUT2D eigenvalue weighted by molar-refractivity contribution is -0.00234. The van der Waals surface area contributed by atoms with Gasteiger partial charge in [-0.2, -0.15) is 0 Å². The van der Waals surface area contributed by atoms with Crippen LogP contribution in [0.15, 0.2) is 131 Å². The summed E-state index contributed by atoms with van der Waals surface area (Å²) in [6.07, 6.45) is 0. The minimum absolute atomic E-state index is 0.405. The summed E-state index contributed by atoms with van der Waals surface area (Å²) in [6, 6.07) is 23.8. The first kappa shape index (κ1) is 77.4. The Morgan fingerprint density at radius 2 is 0.354 bits per heavy atom. The highest BCUT2D eigenvalue weighted by molar-refractivity contribution is 8.34. The van der Waals surface area contributed by atoms with Gasteiger partial charge >= 0.3 is 0 Å². The lowest BCUT2D eigenvalue weighted by atomic mass is 10.1. The molecule has 0 spiro atoms. The monoisotopic (exact) mass is 1480 g/mol. The van der Waals surface area contributed by atoms with E-state index in [0.29, 0.717) is 238 Å². The summed E-state index contributed by atoms with van der Waals surface area (Å²) in [6.45, 7) is 17.2. The van der Waals surface area contributed by atoms with Crippen molar-refractivity contribution in [2.75, 3.05) is 238 Å². The van der Waals surface area contributed by atoms with E-state index in [1.54, 1.807) is 94.1 Å². The van der Waals surface area contributed by atoms with Crippen molar-refractivity contribution in [2.24, 2.45) is 0 Å². The molecule has 0 radical (unpaired) electrons. The van der Waals surface area contributed by atoms with E-state index in [1.807, 2.05) is 72.8 Å². The molecule has 16 bridgehead atoms.